The standard InChI is InChI=1S/C26H49NO4/c1-7-8-9-10-11-12-13-14-15-16-17-18-19-22-23(30-22)21-20-29-26(5,6)27(21)24(28)31-25(2,3)4/h21-23H,7-20H2,1-6H3/t21-,22-,23+/m0/s1. The summed E-state index contributed by atoms with van der Waals surface area (Å²) < 4.78 is 17.5. The van der Waals surface area contributed by atoms with Crippen LogP contribution in [-0.2, 0) is 14.2 Å². The monoisotopic (exact) mass is 439 g/mol. The number of carbonyl (C=O) groups excluding carboxylic acids is 1. The molecule has 2 heterocycles. The van der Waals surface area contributed by atoms with Crippen LogP contribution in [0.3, 0.4) is 0 Å². The van der Waals surface area contributed by atoms with Gasteiger partial charge in [-0.2, -0.15) is 0 Å². The molecule has 5 nitrogen and oxygen atoms in total. The van der Waals surface area contributed by atoms with Crippen molar-refractivity contribution >= 4 is 6.09 Å². The van der Waals surface area contributed by atoms with E-state index in [-0.39, 0.29) is 24.3 Å². The molecule has 0 aliphatic carbocycles. The van der Waals surface area contributed by atoms with Crippen LogP contribution in [-0.4, -0.2) is 47.2 Å². The predicted molar refractivity (Wildman–Crippen MR) is 126 cm³/mol. The largest absolute Gasteiger partial charge is 0.444 e. The van der Waals surface area contributed by atoms with E-state index in [0.717, 1.165) is 6.42 Å². The molecule has 1 amide bonds. The summed E-state index contributed by atoms with van der Waals surface area (Å²) in [6.45, 7) is 12.3. The zero-order chi connectivity index (χ0) is 22.9. The van der Waals surface area contributed by atoms with Gasteiger partial charge in [-0.25, -0.2) is 4.79 Å². The maximum Gasteiger partial charge on any atom is 0.412 e. The van der Waals surface area contributed by atoms with Crippen molar-refractivity contribution in [3.8, 4) is 0 Å². The number of epoxide rings is 1. The minimum absolute atomic E-state index is 0.0489. The molecule has 0 N–H and O–H groups in total. The second kappa shape index (κ2) is 12.4. The Kier molecular flexibility index (Phi) is 10.6. The van der Waals surface area contributed by atoms with Crippen LogP contribution in [0.5, 0.6) is 0 Å². The Hall–Kier alpha value is -0.810. The Morgan fingerprint density at radius 2 is 1.45 bits per heavy atom. The number of carbonyl (C=O) groups is 1. The zero-order valence-corrected chi connectivity index (χ0v) is 21.2. The molecule has 2 aliphatic heterocycles. The van der Waals surface area contributed by atoms with Gasteiger partial charge in [0.2, 0.25) is 0 Å². The fourth-order valence-corrected chi connectivity index (χ4v) is 4.65. The summed E-state index contributed by atoms with van der Waals surface area (Å²) in [5.41, 5.74) is -1.17. The minimum Gasteiger partial charge on any atom is -0.444 e. The highest BCUT2D eigenvalue weighted by Crippen LogP contribution is 2.40. The van der Waals surface area contributed by atoms with Gasteiger partial charge in [-0.1, -0.05) is 84.0 Å². The molecule has 0 unspecified atom stereocenters. The van der Waals surface area contributed by atoms with Gasteiger partial charge in [0.1, 0.15) is 17.4 Å². The van der Waals surface area contributed by atoms with Crippen molar-refractivity contribution in [3.05, 3.63) is 0 Å². The SMILES string of the molecule is CCCCCCCCCCCCCC[C@@H]1O[C@@H]1[C@@H]1COC(C)(C)N1C(=O)OC(C)(C)C. The molecule has 0 saturated carbocycles. The maximum atomic E-state index is 12.8. The van der Waals surface area contributed by atoms with Gasteiger partial charge in [-0.15, -0.1) is 0 Å². The minimum atomic E-state index is -0.653. The van der Waals surface area contributed by atoms with E-state index in [1.54, 1.807) is 4.90 Å². The number of amides is 1. The molecule has 31 heavy (non-hydrogen) atoms. The molecule has 0 radical (unpaired) electrons. The van der Waals surface area contributed by atoms with Gasteiger partial charge < -0.3 is 14.2 Å². The van der Waals surface area contributed by atoms with Gasteiger partial charge in [0, 0.05) is 0 Å². The Morgan fingerprint density at radius 3 is 1.97 bits per heavy atom. The van der Waals surface area contributed by atoms with Gasteiger partial charge in [0.15, 0.2) is 0 Å². The van der Waals surface area contributed by atoms with Crippen LogP contribution in [0.25, 0.3) is 0 Å². The number of hydrogen-bond donors (Lipinski definition) is 0. The Balaban J connectivity index is 1.57. The van der Waals surface area contributed by atoms with E-state index in [4.69, 9.17) is 14.2 Å². The van der Waals surface area contributed by atoms with Crippen molar-refractivity contribution in [1.29, 1.82) is 0 Å². The topological polar surface area (TPSA) is 51.3 Å². The second-order valence-corrected chi connectivity index (χ2v) is 11.0. The van der Waals surface area contributed by atoms with Gasteiger partial charge in [0.05, 0.1) is 18.8 Å². The van der Waals surface area contributed by atoms with E-state index in [2.05, 4.69) is 6.92 Å². The van der Waals surface area contributed by atoms with E-state index in [0.29, 0.717) is 6.61 Å². The highest BCUT2D eigenvalue weighted by molar-refractivity contribution is 5.70. The quantitative estimate of drug-likeness (QED) is 0.212. The van der Waals surface area contributed by atoms with Crippen molar-refractivity contribution in [2.75, 3.05) is 6.61 Å². The fraction of sp³-hybridized carbons (Fsp3) is 0.962. The van der Waals surface area contributed by atoms with Gasteiger partial charge in [-0.3, -0.25) is 4.90 Å². The van der Waals surface area contributed by atoms with Crippen LogP contribution in [0.4, 0.5) is 4.79 Å². The van der Waals surface area contributed by atoms with Gasteiger partial charge in [0.25, 0.3) is 0 Å². The molecule has 0 spiro atoms. The molecule has 2 aliphatic rings. The Bertz CT molecular complexity index is 528. The highest BCUT2D eigenvalue weighted by atomic mass is 16.6. The average Bonchev–Trinajstić information content (AvgIpc) is 3.36. The summed E-state index contributed by atoms with van der Waals surface area (Å²) in [6.07, 6.45) is 17.5. The Morgan fingerprint density at radius 1 is 0.935 bits per heavy atom. The van der Waals surface area contributed by atoms with Crippen molar-refractivity contribution in [3.63, 3.8) is 0 Å². The average molecular weight is 440 g/mol. The third kappa shape index (κ3) is 9.29. The normalized spacial score (nSPS) is 25.1. The summed E-state index contributed by atoms with van der Waals surface area (Å²) in [5, 5.41) is 0. The smallest absolute Gasteiger partial charge is 0.412 e. The van der Waals surface area contributed by atoms with Crippen LogP contribution in [0.15, 0.2) is 0 Å². The van der Waals surface area contributed by atoms with Gasteiger partial charge >= 0.3 is 6.09 Å². The maximum absolute atomic E-state index is 12.8. The molecule has 182 valence electrons. The molecule has 3 atom stereocenters. The van der Waals surface area contributed by atoms with Crippen molar-refractivity contribution in [1.82, 2.24) is 4.90 Å². The summed E-state index contributed by atoms with van der Waals surface area (Å²) in [7, 11) is 0. The van der Waals surface area contributed by atoms with E-state index < -0.39 is 11.3 Å². The summed E-state index contributed by atoms with van der Waals surface area (Å²) in [5.74, 6) is 0. The van der Waals surface area contributed by atoms with Crippen LogP contribution in [0, 0.1) is 0 Å². The lowest BCUT2D eigenvalue weighted by Crippen LogP contribution is -2.51. The lowest BCUT2D eigenvalue weighted by Gasteiger charge is -2.34. The number of hydrogen-bond acceptors (Lipinski definition) is 4. The third-order valence-electron chi connectivity index (χ3n) is 6.45. The molecule has 2 rings (SSSR count). The lowest BCUT2D eigenvalue weighted by molar-refractivity contribution is -0.0632. The summed E-state index contributed by atoms with van der Waals surface area (Å²) >= 11 is 0. The van der Waals surface area contributed by atoms with Crippen molar-refractivity contribution in [2.45, 2.75) is 155 Å². The van der Waals surface area contributed by atoms with Crippen LogP contribution in [0.2, 0.25) is 0 Å². The number of ether oxygens (including phenoxy) is 3. The van der Waals surface area contributed by atoms with Crippen LogP contribution >= 0.6 is 0 Å². The van der Waals surface area contributed by atoms with Crippen LogP contribution in [0.1, 0.15) is 125 Å². The van der Waals surface area contributed by atoms with Crippen LogP contribution < -0.4 is 0 Å². The summed E-state index contributed by atoms with van der Waals surface area (Å²) in [4.78, 5) is 14.5. The molecule has 5 heteroatoms. The predicted octanol–water partition coefficient (Wildman–Crippen LogP) is 7.22. The molecule has 2 fully saturated rings. The van der Waals surface area contributed by atoms with E-state index in [1.807, 2.05) is 34.6 Å². The molecule has 0 bridgehead atoms. The Labute approximate surface area is 191 Å². The number of unbranched alkanes of at least 4 members (excludes halogenated alkanes) is 11. The van der Waals surface area contributed by atoms with Crippen molar-refractivity contribution < 1.29 is 19.0 Å². The van der Waals surface area contributed by atoms with E-state index in [1.165, 1.54) is 77.0 Å². The fourth-order valence-electron chi connectivity index (χ4n) is 4.65. The molecule has 0 aromatic heterocycles. The first kappa shape index (κ1) is 26.4. The molecule has 0 aromatic carbocycles. The molecular formula is C26H49NO4. The first-order chi connectivity index (χ1) is 14.7. The van der Waals surface area contributed by atoms with E-state index in [9.17, 15) is 4.79 Å². The molecular weight excluding hydrogens is 390 g/mol. The third-order valence-corrected chi connectivity index (χ3v) is 6.45. The second-order valence-electron chi connectivity index (χ2n) is 11.0. The van der Waals surface area contributed by atoms with Crippen molar-refractivity contribution in [2.24, 2.45) is 0 Å². The summed E-state index contributed by atoms with van der Waals surface area (Å²) in [6, 6.07) is -0.0489. The first-order valence-electron chi connectivity index (χ1n) is 13.0. The number of rotatable bonds is 14. The first-order valence-corrected chi connectivity index (χ1v) is 13.0. The molecule has 2 saturated heterocycles. The van der Waals surface area contributed by atoms with Gasteiger partial charge in [-0.05, 0) is 41.0 Å². The molecule has 0 aromatic rings. The zero-order valence-electron chi connectivity index (χ0n) is 21.2. The number of nitrogens with zero attached hydrogens (tertiary/aromatic N) is 1. The highest BCUT2D eigenvalue weighted by Gasteiger charge is 2.56. The lowest BCUT2D eigenvalue weighted by atomic mass is 10.0. The van der Waals surface area contributed by atoms with E-state index >= 15 is 0 Å².